The molecule has 5 nitrogen and oxygen atoms in total. The van der Waals surface area contributed by atoms with Crippen molar-refractivity contribution in [2.24, 2.45) is 0 Å². The summed E-state index contributed by atoms with van der Waals surface area (Å²) in [7, 11) is -1.70. The van der Waals surface area contributed by atoms with E-state index in [2.05, 4.69) is 4.72 Å². The standard InChI is InChI=1S/C12H19NO4S/c1-4-18(15,16)13-8-11(14)10-5-6-12(17-3)9(2)7-10/h5-7,11,13-14H,4,8H2,1-3H3. The van der Waals surface area contributed by atoms with Crippen LogP contribution in [0, 0.1) is 6.92 Å². The van der Waals surface area contributed by atoms with Gasteiger partial charge in [-0.25, -0.2) is 13.1 Å². The molecule has 0 aromatic heterocycles. The number of hydrogen-bond donors (Lipinski definition) is 2. The summed E-state index contributed by atoms with van der Waals surface area (Å²) in [6.07, 6.45) is -0.865. The molecule has 1 aromatic carbocycles. The van der Waals surface area contributed by atoms with Gasteiger partial charge in [-0.05, 0) is 37.1 Å². The highest BCUT2D eigenvalue weighted by Crippen LogP contribution is 2.22. The van der Waals surface area contributed by atoms with Gasteiger partial charge in [-0.15, -0.1) is 0 Å². The van der Waals surface area contributed by atoms with E-state index in [4.69, 9.17) is 4.74 Å². The van der Waals surface area contributed by atoms with Crippen molar-refractivity contribution in [2.75, 3.05) is 19.4 Å². The van der Waals surface area contributed by atoms with Crippen LogP contribution in [0.1, 0.15) is 24.2 Å². The average molecular weight is 273 g/mol. The van der Waals surface area contributed by atoms with Crippen LogP contribution in [0.2, 0.25) is 0 Å². The Hall–Kier alpha value is -1.11. The van der Waals surface area contributed by atoms with Gasteiger partial charge in [-0.3, -0.25) is 0 Å². The molecule has 0 aliphatic rings. The number of aryl methyl sites for hydroxylation is 1. The largest absolute Gasteiger partial charge is 0.496 e. The minimum absolute atomic E-state index is 0.00135. The summed E-state index contributed by atoms with van der Waals surface area (Å²) < 4.78 is 30.0. The zero-order valence-corrected chi connectivity index (χ0v) is 11.6. The van der Waals surface area contributed by atoms with Crippen molar-refractivity contribution in [1.82, 2.24) is 4.72 Å². The van der Waals surface area contributed by atoms with E-state index in [1.165, 1.54) is 0 Å². The molecule has 2 N–H and O–H groups in total. The molecule has 0 aliphatic heterocycles. The predicted molar refractivity (Wildman–Crippen MR) is 70.2 cm³/mol. The first-order valence-corrected chi connectivity index (χ1v) is 7.34. The molecule has 0 heterocycles. The first-order valence-electron chi connectivity index (χ1n) is 5.69. The lowest BCUT2D eigenvalue weighted by Crippen LogP contribution is -2.29. The summed E-state index contributed by atoms with van der Waals surface area (Å²) in [5.41, 5.74) is 1.56. The topological polar surface area (TPSA) is 75.6 Å². The van der Waals surface area contributed by atoms with Crippen molar-refractivity contribution in [3.05, 3.63) is 29.3 Å². The monoisotopic (exact) mass is 273 g/mol. The summed E-state index contributed by atoms with van der Waals surface area (Å²) >= 11 is 0. The quantitative estimate of drug-likeness (QED) is 0.810. The number of aliphatic hydroxyl groups is 1. The minimum Gasteiger partial charge on any atom is -0.496 e. The van der Waals surface area contributed by atoms with Gasteiger partial charge in [0.1, 0.15) is 5.75 Å². The van der Waals surface area contributed by atoms with Crippen LogP contribution in [0.5, 0.6) is 5.75 Å². The van der Waals surface area contributed by atoms with Crippen LogP contribution in [-0.4, -0.2) is 32.9 Å². The van der Waals surface area contributed by atoms with Gasteiger partial charge in [0.05, 0.1) is 19.0 Å². The number of methoxy groups -OCH3 is 1. The summed E-state index contributed by atoms with van der Waals surface area (Å²) in [5, 5.41) is 9.90. The molecule has 1 rings (SSSR count). The molecule has 1 atom stereocenters. The molecule has 1 unspecified atom stereocenters. The van der Waals surface area contributed by atoms with Gasteiger partial charge >= 0.3 is 0 Å². The van der Waals surface area contributed by atoms with Gasteiger partial charge in [0.25, 0.3) is 0 Å². The van der Waals surface area contributed by atoms with E-state index in [1.807, 2.05) is 6.92 Å². The molecule has 0 radical (unpaired) electrons. The molecule has 102 valence electrons. The highest BCUT2D eigenvalue weighted by Gasteiger charge is 2.13. The fraction of sp³-hybridized carbons (Fsp3) is 0.500. The molecule has 0 bridgehead atoms. The summed E-state index contributed by atoms with van der Waals surface area (Å²) in [4.78, 5) is 0. The molecule has 0 saturated heterocycles. The van der Waals surface area contributed by atoms with Crippen molar-refractivity contribution in [2.45, 2.75) is 20.0 Å². The summed E-state index contributed by atoms with van der Waals surface area (Å²) in [6.45, 7) is 3.39. The van der Waals surface area contributed by atoms with Crippen LogP contribution in [0.4, 0.5) is 0 Å². The third kappa shape index (κ3) is 3.97. The van der Waals surface area contributed by atoms with E-state index in [0.29, 0.717) is 5.56 Å². The molecule has 0 amide bonds. The van der Waals surface area contributed by atoms with Gasteiger partial charge < -0.3 is 9.84 Å². The molecule has 0 spiro atoms. The molecule has 0 fully saturated rings. The average Bonchev–Trinajstić information content (AvgIpc) is 2.36. The second-order valence-corrected chi connectivity index (χ2v) is 6.09. The maximum absolute atomic E-state index is 11.3. The number of hydrogen-bond acceptors (Lipinski definition) is 4. The number of sulfonamides is 1. The Bertz CT molecular complexity index is 499. The van der Waals surface area contributed by atoms with Crippen molar-refractivity contribution in [1.29, 1.82) is 0 Å². The zero-order chi connectivity index (χ0) is 13.8. The van der Waals surface area contributed by atoms with Gasteiger partial charge in [-0.2, -0.15) is 0 Å². The van der Waals surface area contributed by atoms with Gasteiger partial charge in [0.2, 0.25) is 10.0 Å². The second kappa shape index (κ2) is 6.17. The van der Waals surface area contributed by atoms with Crippen LogP contribution in [0.3, 0.4) is 0 Å². The lowest BCUT2D eigenvalue weighted by atomic mass is 10.1. The summed E-state index contributed by atoms with van der Waals surface area (Å²) in [5.74, 6) is 0.738. The highest BCUT2D eigenvalue weighted by atomic mass is 32.2. The molecule has 0 saturated carbocycles. The normalized spacial score (nSPS) is 13.3. The Labute approximate surface area is 108 Å². The Kier molecular flexibility index (Phi) is 5.13. The highest BCUT2D eigenvalue weighted by molar-refractivity contribution is 7.89. The fourth-order valence-corrected chi connectivity index (χ4v) is 2.15. The Balaban J connectivity index is 2.73. The Morgan fingerprint density at radius 1 is 1.44 bits per heavy atom. The van der Waals surface area contributed by atoms with Crippen molar-refractivity contribution in [3.63, 3.8) is 0 Å². The van der Waals surface area contributed by atoms with Gasteiger partial charge in [0, 0.05) is 6.54 Å². The van der Waals surface area contributed by atoms with E-state index in [1.54, 1.807) is 32.2 Å². The zero-order valence-electron chi connectivity index (χ0n) is 10.8. The third-order valence-corrected chi connectivity index (χ3v) is 4.05. The Morgan fingerprint density at radius 3 is 2.61 bits per heavy atom. The van der Waals surface area contributed by atoms with Crippen molar-refractivity contribution in [3.8, 4) is 5.75 Å². The maximum atomic E-state index is 11.3. The lowest BCUT2D eigenvalue weighted by molar-refractivity contribution is 0.182. The number of aliphatic hydroxyl groups excluding tert-OH is 1. The molecule has 18 heavy (non-hydrogen) atoms. The molecular formula is C12H19NO4S. The van der Waals surface area contributed by atoms with E-state index in [9.17, 15) is 13.5 Å². The second-order valence-electron chi connectivity index (χ2n) is 4.00. The molecule has 1 aromatic rings. The number of nitrogens with one attached hydrogen (secondary N) is 1. The predicted octanol–water partition coefficient (Wildman–Crippen LogP) is 0.976. The first-order chi connectivity index (χ1) is 8.39. The van der Waals surface area contributed by atoms with E-state index >= 15 is 0 Å². The van der Waals surface area contributed by atoms with Crippen molar-refractivity contribution >= 4 is 10.0 Å². The molecule has 6 heteroatoms. The van der Waals surface area contributed by atoms with Crippen LogP contribution in [-0.2, 0) is 10.0 Å². The number of rotatable bonds is 6. The van der Waals surface area contributed by atoms with Gasteiger partial charge in [0.15, 0.2) is 0 Å². The fourth-order valence-electron chi connectivity index (χ4n) is 1.53. The van der Waals surface area contributed by atoms with E-state index < -0.39 is 16.1 Å². The van der Waals surface area contributed by atoms with Crippen LogP contribution in [0.25, 0.3) is 0 Å². The smallest absolute Gasteiger partial charge is 0.211 e. The SMILES string of the molecule is CCS(=O)(=O)NCC(O)c1ccc(OC)c(C)c1. The third-order valence-electron chi connectivity index (χ3n) is 2.68. The Morgan fingerprint density at radius 2 is 2.11 bits per heavy atom. The van der Waals surface area contributed by atoms with E-state index in [-0.39, 0.29) is 12.3 Å². The van der Waals surface area contributed by atoms with Crippen molar-refractivity contribution < 1.29 is 18.3 Å². The van der Waals surface area contributed by atoms with Crippen LogP contribution in [0.15, 0.2) is 18.2 Å². The molecular weight excluding hydrogens is 254 g/mol. The summed E-state index contributed by atoms with van der Waals surface area (Å²) in [6, 6.07) is 5.25. The van der Waals surface area contributed by atoms with Crippen LogP contribution >= 0.6 is 0 Å². The van der Waals surface area contributed by atoms with E-state index in [0.717, 1.165) is 11.3 Å². The number of ether oxygens (including phenoxy) is 1. The van der Waals surface area contributed by atoms with Crippen LogP contribution < -0.4 is 9.46 Å². The minimum atomic E-state index is -3.28. The maximum Gasteiger partial charge on any atom is 0.211 e. The first kappa shape index (κ1) is 14.9. The van der Waals surface area contributed by atoms with Gasteiger partial charge in [-0.1, -0.05) is 6.07 Å². The molecule has 0 aliphatic carbocycles. The number of benzene rings is 1. The lowest BCUT2D eigenvalue weighted by Gasteiger charge is -2.14.